The zero-order chi connectivity index (χ0) is 22.9. The molecule has 0 unspecified atom stereocenters. The first-order valence-electron chi connectivity index (χ1n) is 10.3. The second-order valence-corrected chi connectivity index (χ2v) is 7.77. The Morgan fingerprint density at radius 1 is 1.00 bits per heavy atom. The maximum atomic E-state index is 14.0. The fourth-order valence-corrected chi connectivity index (χ4v) is 3.90. The second-order valence-electron chi connectivity index (χ2n) is 7.77. The lowest BCUT2D eigenvalue weighted by molar-refractivity contribution is 0.0510. The Hall–Kier alpha value is -3.94. The van der Waals surface area contributed by atoms with Gasteiger partial charge < -0.3 is 19.0 Å². The number of hydrogen-bond acceptors (Lipinski definition) is 6. The highest BCUT2D eigenvalue weighted by Crippen LogP contribution is 2.51. The van der Waals surface area contributed by atoms with E-state index in [1.165, 1.54) is 0 Å². The van der Waals surface area contributed by atoms with Crippen LogP contribution in [0.25, 0.3) is 0 Å². The molecule has 3 aromatic rings. The quantitative estimate of drug-likeness (QED) is 0.298. The lowest BCUT2D eigenvalue weighted by Gasteiger charge is -2.09. The van der Waals surface area contributed by atoms with Gasteiger partial charge in [-0.25, -0.2) is 13.6 Å². The summed E-state index contributed by atoms with van der Waals surface area (Å²) in [4.78, 5) is 17.5. The van der Waals surface area contributed by atoms with Crippen LogP contribution in [0, 0.1) is 17.6 Å². The molecular weight excluding hydrogens is 432 g/mol. The Bertz CT molecular complexity index is 1240. The number of benzene rings is 3. The fourth-order valence-electron chi connectivity index (χ4n) is 3.90. The summed E-state index contributed by atoms with van der Waals surface area (Å²) in [5.74, 6) is -0.604. The van der Waals surface area contributed by atoms with E-state index in [0.717, 1.165) is 29.7 Å². The molecule has 0 bridgehead atoms. The number of carbonyl (C=O) groups excluding carboxylic acids is 1. The number of rotatable bonds is 6. The number of oxime groups is 1. The summed E-state index contributed by atoms with van der Waals surface area (Å²) in [5, 5.41) is 4.11. The summed E-state index contributed by atoms with van der Waals surface area (Å²) < 4.78 is 43.2. The van der Waals surface area contributed by atoms with Crippen molar-refractivity contribution in [2.75, 3.05) is 13.9 Å². The van der Waals surface area contributed by atoms with Gasteiger partial charge >= 0.3 is 5.97 Å². The normalized spacial score (nSPS) is 18.7. The lowest BCUT2D eigenvalue weighted by Crippen LogP contribution is -2.10. The molecule has 0 amide bonds. The average Bonchev–Trinajstić information content (AvgIpc) is 3.46. The molecule has 2 atom stereocenters. The number of methoxy groups -OCH3 is 1. The highest BCUT2D eigenvalue weighted by atomic mass is 19.1. The minimum atomic E-state index is -1.01. The molecule has 0 aromatic heterocycles. The Morgan fingerprint density at radius 2 is 1.79 bits per heavy atom. The molecule has 1 fully saturated rings. The number of fused-ring (bicyclic) bond motifs is 1. The van der Waals surface area contributed by atoms with E-state index in [-0.39, 0.29) is 18.6 Å². The summed E-state index contributed by atoms with van der Waals surface area (Å²) in [6, 6.07) is 15.6. The first-order valence-corrected chi connectivity index (χ1v) is 10.3. The Kier molecular flexibility index (Phi) is 5.42. The van der Waals surface area contributed by atoms with E-state index in [2.05, 4.69) is 5.16 Å². The molecular formula is C25H19F2NO5. The first kappa shape index (κ1) is 20.9. The molecule has 3 aromatic carbocycles. The standard InChI is InChI=1S/C25H19F2NO5/c1-30-17-6-2-14(3-7-17)24(28-33-25(29)18-8-5-16(26)11-21(18)27)20-12-19(20)15-4-9-22-23(10-15)32-13-31-22/h2-11,19-20H,12-13H2,1H3/b28-24-/t19-,20+/m0/s1. The van der Waals surface area contributed by atoms with Crippen LogP contribution in [0.15, 0.2) is 65.8 Å². The van der Waals surface area contributed by atoms with E-state index in [1.807, 2.05) is 30.3 Å². The molecule has 2 aliphatic rings. The third-order valence-electron chi connectivity index (χ3n) is 5.73. The molecule has 168 valence electrons. The third-order valence-corrected chi connectivity index (χ3v) is 5.73. The molecule has 5 rings (SSSR count). The SMILES string of the molecule is COc1ccc(/C(=N/OC(=O)c2ccc(F)cc2F)[C@@H]2C[C@H]2c2ccc3c(c2)OCO3)cc1. The zero-order valence-corrected chi connectivity index (χ0v) is 17.6. The molecule has 1 aliphatic carbocycles. The van der Waals surface area contributed by atoms with E-state index in [4.69, 9.17) is 19.0 Å². The monoisotopic (exact) mass is 451 g/mol. The maximum Gasteiger partial charge on any atom is 0.368 e. The van der Waals surface area contributed by atoms with Gasteiger partial charge in [0.05, 0.1) is 18.4 Å². The van der Waals surface area contributed by atoms with Gasteiger partial charge in [0.15, 0.2) is 11.5 Å². The van der Waals surface area contributed by atoms with Crippen LogP contribution in [0.4, 0.5) is 8.78 Å². The van der Waals surface area contributed by atoms with Crippen molar-refractivity contribution in [3.8, 4) is 17.2 Å². The molecule has 33 heavy (non-hydrogen) atoms. The molecule has 1 heterocycles. The molecule has 0 N–H and O–H groups in total. The number of hydrogen-bond donors (Lipinski definition) is 0. The topological polar surface area (TPSA) is 66.4 Å². The maximum absolute atomic E-state index is 14.0. The van der Waals surface area contributed by atoms with Crippen LogP contribution in [-0.2, 0) is 4.84 Å². The van der Waals surface area contributed by atoms with Gasteiger partial charge in [0, 0.05) is 12.0 Å². The van der Waals surface area contributed by atoms with Crippen molar-refractivity contribution in [2.24, 2.45) is 11.1 Å². The summed E-state index contributed by atoms with van der Waals surface area (Å²) in [6.07, 6.45) is 0.785. The first-order chi connectivity index (χ1) is 16.0. The van der Waals surface area contributed by atoms with Crippen molar-refractivity contribution in [3.05, 3.63) is 89.0 Å². The highest BCUT2D eigenvalue weighted by molar-refractivity contribution is 6.05. The van der Waals surface area contributed by atoms with Gasteiger partial charge in [-0.15, -0.1) is 0 Å². The van der Waals surface area contributed by atoms with Crippen LogP contribution in [0.2, 0.25) is 0 Å². The van der Waals surface area contributed by atoms with E-state index >= 15 is 0 Å². The summed E-state index contributed by atoms with van der Waals surface area (Å²) in [6.45, 7) is 0.196. The summed E-state index contributed by atoms with van der Waals surface area (Å²) >= 11 is 0. The minimum absolute atomic E-state index is 0.0235. The number of ether oxygens (including phenoxy) is 3. The van der Waals surface area contributed by atoms with E-state index in [9.17, 15) is 13.6 Å². The van der Waals surface area contributed by atoms with Crippen LogP contribution >= 0.6 is 0 Å². The van der Waals surface area contributed by atoms with Crippen LogP contribution in [0.5, 0.6) is 17.2 Å². The van der Waals surface area contributed by atoms with Crippen LogP contribution < -0.4 is 14.2 Å². The Labute approximate surface area is 188 Å². The van der Waals surface area contributed by atoms with Crippen molar-refractivity contribution in [2.45, 2.75) is 12.3 Å². The predicted octanol–water partition coefficient (Wildman–Crippen LogP) is 5.07. The van der Waals surface area contributed by atoms with Crippen molar-refractivity contribution in [1.29, 1.82) is 0 Å². The van der Waals surface area contributed by atoms with Gasteiger partial charge in [0.1, 0.15) is 17.4 Å². The smallest absolute Gasteiger partial charge is 0.368 e. The molecule has 8 heteroatoms. The molecule has 1 saturated carbocycles. The zero-order valence-electron chi connectivity index (χ0n) is 17.6. The molecule has 1 aliphatic heterocycles. The molecule has 6 nitrogen and oxygen atoms in total. The van der Waals surface area contributed by atoms with Gasteiger partial charge in [0.2, 0.25) is 6.79 Å². The highest BCUT2D eigenvalue weighted by Gasteiger charge is 2.43. The third kappa shape index (κ3) is 4.24. The van der Waals surface area contributed by atoms with Gasteiger partial charge in [-0.3, -0.25) is 0 Å². The van der Waals surface area contributed by atoms with Crippen molar-refractivity contribution >= 4 is 11.7 Å². The second kappa shape index (κ2) is 8.54. The minimum Gasteiger partial charge on any atom is -0.497 e. The number of carbonyl (C=O) groups is 1. The number of halogens is 2. The largest absolute Gasteiger partial charge is 0.497 e. The van der Waals surface area contributed by atoms with Crippen LogP contribution in [0.3, 0.4) is 0 Å². The van der Waals surface area contributed by atoms with Gasteiger partial charge in [-0.1, -0.05) is 11.2 Å². The average molecular weight is 451 g/mol. The van der Waals surface area contributed by atoms with Gasteiger partial charge in [-0.05, 0) is 72.0 Å². The van der Waals surface area contributed by atoms with Crippen LogP contribution in [0.1, 0.15) is 33.8 Å². The summed E-state index contributed by atoms with van der Waals surface area (Å²) in [5.41, 5.74) is 1.96. The number of nitrogens with zero attached hydrogens (tertiary/aromatic N) is 1. The Morgan fingerprint density at radius 3 is 2.55 bits per heavy atom. The van der Waals surface area contributed by atoms with Crippen LogP contribution in [-0.4, -0.2) is 25.6 Å². The molecule has 0 radical (unpaired) electrons. The lowest BCUT2D eigenvalue weighted by atomic mass is 10.0. The summed E-state index contributed by atoms with van der Waals surface area (Å²) in [7, 11) is 1.57. The van der Waals surface area contributed by atoms with Gasteiger partial charge in [-0.2, -0.15) is 0 Å². The van der Waals surface area contributed by atoms with Crippen molar-refractivity contribution < 1.29 is 32.6 Å². The predicted molar refractivity (Wildman–Crippen MR) is 115 cm³/mol. The van der Waals surface area contributed by atoms with Gasteiger partial charge in [0.25, 0.3) is 0 Å². The molecule has 0 saturated heterocycles. The van der Waals surface area contributed by atoms with Crippen molar-refractivity contribution in [1.82, 2.24) is 0 Å². The fraction of sp³-hybridized carbons (Fsp3) is 0.200. The molecule has 0 spiro atoms. The Balaban J connectivity index is 1.41. The van der Waals surface area contributed by atoms with E-state index < -0.39 is 23.2 Å². The van der Waals surface area contributed by atoms with E-state index in [1.54, 1.807) is 19.2 Å². The van der Waals surface area contributed by atoms with E-state index in [0.29, 0.717) is 29.0 Å². The van der Waals surface area contributed by atoms with Crippen molar-refractivity contribution in [3.63, 3.8) is 0 Å².